The highest BCUT2D eigenvalue weighted by atomic mass is 16.2. The zero-order valence-electron chi connectivity index (χ0n) is 12.6. The van der Waals surface area contributed by atoms with Gasteiger partial charge in [0.05, 0.1) is 0 Å². The van der Waals surface area contributed by atoms with Crippen LogP contribution in [0, 0.1) is 5.92 Å². The van der Waals surface area contributed by atoms with Gasteiger partial charge in [0.1, 0.15) is 12.7 Å². The number of likely N-dealkylation sites (tertiary alicyclic amines) is 1. The van der Waals surface area contributed by atoms with Gasteiger partial charge in [0.15, 0.2) is 0 Å². The fourth-order valence-electron chi connectivity index (χ4n) is 2.94. The van der Waals surface area contributed by atoms with Gasteiger partial charge in [-0.05, 0) is 37.3 Å². The van der Waals surface area contributed by atoms with E-state index in [1.165, 1.54) is 6.33 Å². The molecule has 0 aromatic carbocycles. The Labute approximate surface area is 130 Å². The molecule has 2 aromatic heterocycles. The summed E-state index contributed by atoms with van der Waals surface area (Å²) >= 11 is 0. The molecule has 3 rings (SSSR count). The normalized spacial score (nSPS) is 17.8. The van der Waals surface area contributed by atoms with Crippen LogP contribution in [0.2, 0.25) is 0 Å². The first-order valence-corrected chi connectivity index (χ1v) is 7.81. The number of carbonyl (C=O) groups is 1. The maximum Gasteiger partial charge on any atom is 0.222 e. The van der Waals surface area contributed by atoms with Gasteiger partial charge in [-0.3, -0.25) is 14.5 Å². The Morgan fingerprint density at radius 1 is 1.36 bits per heavy atom. The lowest BCUT2D eigenvalue weighted by atomic mass is 10.0. The zero-order chi connectivity index (χ0) is 15.2. The molecule has 1 aliphatic rings. The molecule has 22 heavy (non-hydrogen) atoms. The number of amides is 1. The van der Waals surface area contributed by atoms with Gasteiger partial charge in [-0.2, -0.15) is 5.10 Å². The predicted molar refractivity (Wildman–Crippen MR) is 81.9 cm³/mol. The van der Waals surface area contributed by atoms with E-state index in [4.69, 9.17) is 0 Å². The lowest BCUT2D eigenvalue weighted by molar-refractivity contribution is -0.130. The fraction of sp³-hybridized carbons (Fsp3) is 0.500. The maximum atomic E-state index is 12.2. The van der Waals surface area contributed by atoms with Gasteiger partial charge in [-0.15, -0.1) is 0 Å². The molecule has 0 saturated carbocycles. The highest BCUT2D eigenvalue weighted by Gasteiger charge is 2.26. The van der Waals surface area contributed by atoms with Gasteiger partial charge < -0.3 is 4.90 Å². The van der Waals surface area contributed by atoms with E-state index in [0.717, 1.165) is 44.6 Å². The summed E-state index contributed by atoms with van der Waals surface area (Å²) in [6.45, 7) is 2.48. The first-order valence-electron chi connectivity index (χ1n) is 7.81. The van der Waals surface area contributed by atoms with Gasteiger partial charge >= 0.3 is 0 Å². The number of rotatable bonds is 6. The molecule has 1 saturated heterocycles. The summed E-state index contributed by atoms with van der Waals surface area (Å²) in [4.78, 5) is 22.5. The standard InChI is InChI=1S/C16H21N5O/c22-16(5-3-8-21-13-17-12-19-21)20-9-6-14(11-20)10-15-4-1-2-7-18-15/h1-2,4,7,12-14H,3,5-6,8-11H2. The van der Waals surface area contributed by atoms with Crippen LogP contribution in [0.4, 0.5) is 0 Å². The first kappa shape index (κ1) is 14.7. The minimum absolute atomic E-state index is 0.253. The lowest BCUT2D eigenvalue weighted by Crippen LogP contribution is -2.29. The van der Waals surface area contributed by atoms with E-state index in [1.807, 2.05) is 23.2 Å². The number of carbonyl (C=O) groups excluding carboxylic acids is 1. The van der Waals surface area contributed by atoms with Crippen LogP contribution in [0.25, 0.3) is 0 Å². The molecular formula is C16H21N5O. The molecule has 0 aliphatic carbocycles. The van der Waals surface area contributed by atoms with Crippen LogP contribution in [0.3, 0.4) is 0 Å². The number of aryl methyl sites for hydroxylation is 1. The second-order valence-corrected chi connectivity index (χ2v) is 5.78. The summed E-state index contributed by atoms with van der Waals surface area (Å²) in [6, 6.07) is 6.01. The number of hydrogen-bond donors (Lipinski definition) is 0. The molecule has 116 valence electrons. The first-order chi connectivity index (χ1) is 10.8. The van der Waals surface area contributed by atoms with Crippen molar-refractivity contribution in [3.05, 3.63) is 42.7 Å². The molecule has 0 radical (unpaired) electrons. The molecule has 0 spiro atoms. The van der Waals surface area contributed by atoms with Crippen LogP contribution in [-0.4, -0.2) is 43.6 Å². The van der Waals surface area contributed by atoms with E-state index in [-0.39, 0.29) is 5.91 Å². The highest BCUT2D eigenvalue weighted by molar-refractivity contribution is 5.76. The number of aromatic nitrogens is 4. The molecule has 0 N–H and O–H groups in total. The third-order valence-electron chi connectivity index (χ3n) is 4.11. The smallest absolute Gasteiger partial charge is 0.222 e. The van der Waals surface area contributed by atoms with Crippen LogP contribution in [0.5, 0.6) is 0 Å². The minimum atomic E-state index is 0.253. The van der Waals surface area contributed by atoms with Gasteiger partial charge in [0.2, 0.25) is 5.91 Å². The van der Waals surface area contributed by atoms with Crippen molar-refractivity contribution < 1.29 is 4.79 Å². The molecule has 1 atom stereocenters. The Kier molecular flexibility index (Phi) is 4.78. The van der Waals surface area contributed by atoms with Crippen molar-refractivity contribution in [2.75, 3.05) is 13.1 Å². The van der Waals surface area contributed by atoms with E-state index < -0.39 is 0 Å². The molecular weight excluding hydrogens is 278 g/mol. The summed E-state index contributed by atoms with van der Waals surface area (Å²) in [5, 5.41) is 4.04. The molecule has 0 bridgehead atoms. The Bertz CT molecular complexity index is 584. The third-order valence-corrected chi connectivity index (χ3v) is 4.11. The van der Waals surface area contributed by atoms with Crippen molar-refractivity contribution >= 4 is 5.91 Å². The van der Waals surface area contributed by atoms with Crippen LogP contribution in [-0.2, 0) is 17.8 Å². The Morgan fingerprint density at radius 2 is 2.32 bits per heavy atom. The van der Waals surface area contributed by atoms with Crippen LogP contribution < -0.4 is 0 Å². The molecule has 6 nitrogen and oxygen atoms in total. The largest absolute Gasteiger partial charge is 0.342 e. The topological polar surface area (TPSA) is 63.9 Å². The quantitative estimate of drug-likeness (QED) is 0.811. The summed E-state index contributed by atoms with van der Waals surface area (Å²) in [6.07, 6.45) is 8.46. The second-order valence-electron chi connectivity index (χ2n) is 5.78. The van der Waals surface area contributed by atoms with Crippen LogP contribution >= 0.6 is 0 Å². The van der Waals surface area contributed by atoms with Crippen molar-refractivity contribution in [2.24, 2.45) is 5.92 Å². The molecule has 1 fully saturated rings. The van der Waals surface area contributed by atoms with E-state index in [9.17, 15) is 4.79 Å². The highest BCUT2D eigenvalue weighted by Crippen LogP contribution is 2.20. The van der Waals surface area contributed by atoms with Gasteiger partial charge in [-0.1, -0.05) is 6.07 Å². The van der Waals surface area contributed by atoms with Crippen molar-refractivity contribution in [2.45, 2.75) is 32.2 Å². The molecule has 6 heteroatoms. The van der Waals surface area contributed by atoms with E-state index in [2.05, 4.69) is 21.1 Å². The zero-order valence-corrected chi connectivity index (χ0v) is 12.6. The number of pyridine rings is 1. The minimum Gasteiger partial charge on any atom is -0.342 e. The van der Waals surface area contributed by atoms with Gasteiger partial charge in [0, 0.05) is 37.9 Å². The number of nitrogens with zero attached hydrogens (tertiary/aromatic N) is 5. The second kappa shape index (κ2) is 7.15. The Balaban J connectivity index is 1.41. The summed E-state index contributed by atoms with van der Waals surface area (Å²) in [5.74, 6) is 0.790. The maximum absolute atomic E-state index is 12.2. The van der Waals surface area contributed by atoms with E-state index in [1.54, 1.807) is 11.0 Å². The summed E-state index contributed by atoms with van der Waals surface area (Å²) in [7, 11) is 0. The molecule has 2 aromatic rings. The molecule has 1 amide bonds. The Hall–Kier alpha value is -2.24. The van der Waals surface area contributed by atoms with Crippen molar-refractivity contribution in [3.63, 3.8) is 0 Å². The van der Waals surface area contributed by atoms with Crippen LogP contribution in [0.1, 0.15) is 25.0 Å². The lowest BCUT2D eigenvalue weighted by Gasteiger charge is -2.16. The molecule has 1 aliphatic heterocycles. The Morgan fingerprint density at radius 3 is 3.09 bits per heavy atom. The molecule has 3 heterocycles. The monoisotopic (exact) mass is 299 g/mol. The molecule has 1 unspecified atom stereocenters. The predicted octanol–water partition coefficient (Wildman–Crippen LogP) is 1.54. The summed E-state index contributed by atoms with van der Waals surface area (Å²) in [5.41, 5.74) is 1.12. The van der Waals surface area contributed by atoms with E-state index in [0.29, 0.717) is 12.3 Å². The van der Waals surface area contributed by atoms with E-state index >= 15 is 0 Å². The fourth-order valence-corrected chi connectivity index (χ4v) is 2.94. The summed E-state index contributed by atoms with van der Waals surface area (Å²) < 4.78 is 1.77. The SMILES string of the molecule is O=C(CCCn1cncn1)N1CCC(Cc2ccccn2)C1. The average Bonchev–Trinajstić information content (AvgIpc) is 3.20. The van der Waals surface area contributed by atoms with Crippen molar-refractivity contribution in [1.29, 1.82) is 0 Å². The number of hydrogen-bond acceptors (Lipinski definition) is 4. The van der Waals surface area contributed by atoms with Crippen molar-refractivity contribution in [1.82, 2.24) is 24.6 Å². The van der Waals surface area contributed by atoms with Gasteiger partial charge in [-0.25, -0.2) is 4.98 Å². The average molecular weight is 299 g/mol. The van der Waals surface area contributed by atoms with Crippen molar-refractivity contribution in [3.8, 4) is 0 Å². The van der Waals surface area contributed by atoms with Crippen LogP contribution in [0.15, 0.2) is 37.1 Å². The van der Waals surface area contributed by atoms with Gasteiger partial charge in [0.25, 0.3) is 0 Å². The third kappa shape index (κ3) is 3.90.